The van der Waals surface area contributed by atoms with E-state index in [0.29, 0.717) is 10.6 Å². The van der Waals surface area contributed by atoms with Crippen LogP contribution in [0.5, 0.6) is 0 Å². The number of nitriles is 1. The Hall–Kier alpha value is -0.690. The molecule has 1 aromatic rings. The summed E-state index contributed by atoms with van der Waals surface area (Å²) < 4.78 is 0. The first-order chi connectivity index (χ1) is 8.27. The molecule has 92 valence electrons. The number of thioether (sulfide) groups is 1. The van der Waals surface area contributed by atoms with Crippen LogP contribution in [0.3, 0.4) is 0 Å². The summed E-state index contributed by atoms with van der Waals surface area (Å²) in [6.45, 7) is 3.94. The van der Waals surface area contributed by atoms with Crippen LogP contribution in [0.15, 0.2) is 18.2 Å². The lowest BCUT2D eigenvalue weighted by atomic mass is 10.1. The molecule has 1 N–H and O–H groups in total. The highest BCUT2D eigenvalue weighted by Crippen LogP contribution is 2.17. The fourth-order valence-electron chi connectivity index (χ4n) is 1.43. The van der Waals surface area contributed by atoms with Crippen molar-refractivity contribution in [3.05, 3.63) is 34.3 Å². The van der Waals surface area contributed by atoms with Crippen LogP contribution >= 0.6 is 23.4 Å². The van der Waals surface area contributed by atoms with E-state index in [9.17, 15) is 0 Å². The van der Waals surface area contributed by atoms with E-state index in [1.54, 1.807) is 12.1 Å². The minimum absolute atomic E-state index is 0.609. The molecule has 0 saturated carbocycles. The second-order valence-corrected chi connectivity index (χ2v) is 5.45. The fourth-order valence-corrected chi connectivity index (χ4v) is 2.31. The quantitative estimate of drug-likeness (QED) is 0.770. The summed E-state index contributed by atoms with van der Waals surface area (Å²) in [6, 6.07) is 7.50. The predicted octanol–water partition coefficient (Wildman–Crippen LogP) is 3.44. The zero-order valence-corrected chi connectivity index (χ0v) is 11.6. The van der Waals surface area contributed by atoms with E-state index in [1.807, 2.05) is 17.8 Å². The van der Waals surface area contributed by atoms with E-state index >= 15 is 0 Å². The highest BCUT2D eigenvalue weighted by Gasteiger charge is 2.01. The first kappa shape index (κ1) is 14.4. The fraction of sp³-hybridized carbons (Fsp3) is 0.462. The molecule has 0 fully saturated rings. The molecule has 0 heterocycles. The molecule has 1 rings (SSSR count). The van der Waals surface area contributed by atoms with Crippen LogP contribution in [0.2, 0.25) is 5.02 Å². The Morgan fingerprint density at radius 2 is 2.29 bits per heavy atom. The number of nitrogens with one attached hydrogen (secondary N) is 1. The molecule has 0 aliphatic heterocycles. The summed E-state index contributed by atoms with van der Waals surface area (Å²) in [6.07, 6.45) is 1.17. The Morgan fingerprint density at radius 3 is 2.94 bits per heavy atom. The van der Waals surface area contributed by atoms with Crippen LogP contribution in [0.1, 0.15) is 24.5 Å². The van der Waals surface area contributed by atoms with Gasteiger partial charge in [0.15, 0.2) is 0 Å². The molecule has 0 unspecified atom stereocenters. The third-order valence-corrected chi connectivity index (χ3v) is 3.68. The van der Waals surface area contributed by atoms with Crippen molar-refractivity contribution >= 4 is 23.4 Å². The standard InChI is InChI=1S/C13H17ClN2S/c1-2-17-7-3-6-16-10-12-5-4-11(9-15)8-13(12)14/h4-5,8,16H,2-3,6-7,10H2,1H3. The molecule has 0 saturated heterocycles. The van der Waals surface area contributed by atoms with Crippen molar-refractivity contribution in [2.24, 2.45) is 0 Å². The molecule has 1 aromatic carbocycles. The van der Waals surface area contributed by atoms with E-state index in [2.05, 4.69) is 18.3 Å². The molecule has 0 aromatic heterocycles. The topological polar surface area (TPSA) is 35.8 Å². The smallest absolute Gasteiger partial charge is 0.0992 e. The Balaban J connectivity index is 2.30. The van der Waals surface area contributed by atoms with Crippen molar-refractivity contribution in [2.45, 2.75) is 19.9 Å². The predicted molar refractivity (Wildman–Crippen MR) is 75.5 cm³/mol. The van der Waals surface area contributed by atoms with Crippen molar-refractivity contribution in [3.8, 4) is 6.07 Å². The Morgan fingerprint density at radius 1 is 1.47 bits per heavy atom. The number of rotatable bonds is 7. The maximum absolute atomic E-state index is 8.72. The number of hydrogen-bond acceptors (Lipinski definition) is 3. The van der Waals surface area contributed by atoms with Gasteiger partial charge in [-0.15, -0.1) is 0 Å². The summed E-state index contributed by atoms with van der Waals surface area (Å²) in [5.74, 6) is 2.38. The van der Waals surface area contributed by atoms with Crippen molar-refractivity contribution in [1.29, 1.82) is 5.26 Å². The molecule has 0 amide bonds. The number of hydrogen-bond donors (Lipinski definition) is 1. The lowest BCUT2D eigenvalue weighted by molar-refractivity contribution is 0.679. The lowest BCUT2D eigenvalue weighted by Crippen LogP contribution is -2.15. The number of nitrogens with zero attached hydrogens (tertiary/aromatic N) is 1. The van der Waals surface area contributed by atoms with Gasteiger partial charge in [0.25, 0.3) is 0 Å². The summed E-state index contributed by atoms with van der Waals surface area (Å²) in [5.41, 5.74) is 1.66. The zero-order chi connectivity index (χ0) is 12.5. The highest BCUT2D eigenvalue weighted by atomic mass is 35.5. The van der Waals surface area contributed by atoms with E-state index in [0.717, 1.165) is 18.7 Å². The van der Waals surface area contributed by atoms with E-state index in [4.69, 9.17) is 16.9 Å². The monoisotopic (exact) mass is 268 g/mol. The van der Waals surface area contributed by atoms with Crippen LogP contribution in [0.25, 0.3) is 0 Å². The van der Waals surface area contributed by atoms with Gasteiger partial charge in [-0.25, -0.2) is 0 Å². The highest BCUT2D eigenvalue weighted by molar-refractivity contribution is 7.99. The van der Waals surface area contributed by atoms with Crippen LogP contribution < -0.4 is 5.32 Å². The molecule has 0 spiro atoms. The molecule has 0 atom stereocenters. The van der Waals surface area contributed by atoms with E-state index in [1.165, 1.54) is 17.9 Å². The van der Waals surface area contributed by atoms with Crippen LogP contribution in [-0.2, 0) is 6.54 Å². The van der Waals surface area contributed by atoms with Gasteiger partial charge in [0.05, 0.1) is 11.6 Å². The van der Waals surface area contributed by atoms with Gasteiger partial charge in [-0.3, -0.25) is 0 Å². The maximum Gasteiger partial charge on any atom is 0.0992 e. The molecular weight excluding hydrogens is 252 g/mol. The van der Waals surface area contributed by atoms with Crippen molar-refractivity contribution in [2.75, 3.05) is 18.1 Å². The van der Waals surface area contributed by atoms with Gasteiger partial charge >= 0.3 is 0 Å². The Labute approximate surface area is 112 Å². The first-order valence-electron chi connectivity index (χ1n) is 5.75. The van der Waals surface area contributed by atoms with Crippen LogP contribution in [0.4, 0.5) is 0 Å². The third-order valence-electron chi connectivity index (χ3n) is 2.34. The molecule has 17 heavy (non-hydrogen) atoms. The molecule has 0 aliphatic rings. The first-order valence-corrected chi connectivity index (χ1v) is 7.28. The van der Waals surface area contributed by atoms with Gasteiger partial charge in [-0.2, -0.15) is 17.0 Å². The molecule has 4 heteroatoms. The van der Waals surface area contributed by atoms with E-state index in [-0.39, 0.29) is 0 Å². The van der Waals surface area contributed by atoms with Gasteiger partial charge in [-0.05, 0) is 42.2 Å². The second kappa shape index (κ2) is 8.41. The largest absolute Gasteiger partial charge is 0.313 e. The normalized spacial score (nSPS) is 10.2. The molecule has 0 aliphatic carbocycles. The summed E-state index contributed by atoms with van der Waals surface area (Å²) in [7, 11) is 0. The van der Waals surface area contributed by atoms with Gasteiger partial charge in [-0.1, -0.05) is 24.6 Å². The van der Waals surface area contributed by atoms with Crippen molar-refractivity contribution < 1.29 is 0 Å². The Bertz CT molecular complexity index is 387. The van der Waals surface area contributed by atoms with Gasteiger partial charge in [0.2, 0.25) is 0 Å². The average molecular weight is 269 g/mol. The number of halogens is 1. The van der Waals surface area contributed by atoms with Crippen LogP contribution in [-0.4, -0.2) is 18.1 Å². The lowest BCUT2D eigenvalue weighted by Gasteiger charge is -2.06. The summed E-state index contributed by atoms with van der Waals surface area (Å²) in [4.78, 5) is 0. The third kappa shape index (κ3) is 5.45. The second-order valence-electron chi connectivity index (χ2n) is 3.65. The maximum atomic E-state index is 8.72. The minimum atomic E-state index is 0.609. The average Bonchev–Trinajstić information content (AvgIpc) is 2.35. The van der Waals surface area contributed by atoms with Crippen molar-refractivity contribution in [3.63, 3.8) is 0 Å². The van der Waals surface area contributed by atoms with E-state index < -0.39 is 0 Å². The zero-order valence-electron chi connectivity index (χ0n) is 10.0. The molecule has 0 radical (unpaired) electrons. The van der Waals surface area contributed by atoms with Crippen LogP contribution in [0, 0.1) is 11.3 Å². The minimum Gasteiger partial charge on any atom is -0.313 e. The van der Waals surface area contributed by atoms with Gasteiger partial charge in [0, 0.05) is 11.6 Å². The molecular formula is C13H17ClN2S. The van der Waals surface area contributed by atoms with Gasteiger partial charge < -0.3 is 5.32 Å². The summed E-state index contributed by atoms with van der Waals surface area (Å²) >= 11 is 8.04. The molecule has 2 nitrogen and oxygen atoms in total. The molecule has 0 bridgehead atoms. The SMILES string of the molecule is CCSCCCNCc1ccc(C#N)cc1Cl. The van der Waals surface area contributed by atoms with Gasteiger partial charge in [0.1, 0.15) is 0 Å². The summed E-state index contributed by atoms with van der Waals surface area (Å²) in [5, 5.41) is 12.7. The Kier molecular flexibility index (Phi) is 7.11. The number of benzene rings is 1. The van der Waals surface area contributed by atoms with Crippen molar-refractivity contribution in [1.82, 2.24) is 5.32 Å².